The number of benzene rings is 1. The van der Waals surface area contributed by atoms with Crippen molar-refractivity contribution in [2.24, 2.45) is 0 Å². The van der Waals surface area contributed by atoms with E-state index in [-0.39, 0.29) is 5.78 Å². The summed E-state index contributed by atoms with van der Waals surface area (Å²) in [6.45, 7) is 5.86. The van der Waals surface area contributed by atoms with Crippen molar-refractivity contribution in [3.63, 3.8) is 0 Å². The molecule has 15 heavy (non-hydrogen) atoms. The van der Waals surface area contributed by atoms with E-state index >= 15 is 0 Å². The Morgan fingerprint density at radius 1 is 1.40 bits per heavy atom. The average molecular weight is 202 g/mol. The molecular formula is C13H14O2. The summed E-state index contributed by atoms with van der Waals surface area (Å²) < 4.78 is 5.24. The minimum atomic E-state index is -0.114. The van der Waals surface area contributed by atoms with Crippen molar-refractivity contribution < 1.29 is 9.53 Å². The van der Waals surface area contributed by atoms with E-state index in [1.807, 2.05) is 25.1 Å². The zero-order valence-electron chi connectivity index (χ0n) is 8.77. The first-order valence-corrected chi connectivity index (χ1v) is 4.84. The molecule has 2 heteroatoms. The van der Waals surface area contributed by atoms with Crippen LogP contribution < -0.4 is 0 Å². The van der Waals surface area contributed by atoms with Gasteiger partial charge in [-0.05, 0) is 13.0 Å². The topological polar surface area (TPSA) is 26.3 Å². The standard InChI is InChI=1S/C13H14O2/c1-3-8-12(15-4-2)13(14)11-9-6-5-7-10-11/h3,5-10H,1,4H2,2H3/b12-8-. The second kappa shape index (κ2) is 5.81. The highest BCUT2D eigenvalue weighted by Gasteiger charge is 2.11. The summed E-state index contributed by atoms with van der Waals surface area (Å²) >= 11 is 0. The van der Waals surface area contributed by atoms with Crippen LogP contribution in [0, 0.1) is 0 Å². The molecule has 0 aliphatic carbocycles. The molecule has 0 heterocycles. The third-order valence-electron chi connectivity index (χ3n) is 1.83. The molecule has 0 amide bonds. The molecule has 0 aromatic heterocycles. The summed E-state index contributed by atoms with van der Waals surface area (Å²) in [7, 11) is 0. The monoisotopic (exact) mass is 202 g/mol. The smallest absolute Gasteiger partial charge is 0.227 e. The Bertz CT molecular complexity index is 363. The SMILES string of the molecule is C=C/C=C(\OCC)C(=O)c1ccccc1. The molecule has 0 N–H and O–H groups in total. The molecule has 0 bridgehead atoms. The molecule has 0 unspecified atom stereocenters. The van der Waals surface area contributed by atoms with Gasteiger partial charge in [0.25, 0.3) is 0 Å². The van der Waals surface area contributed by atoms with E-state index < -0.39 is 0 Å². The Hall–Kier alpha value is -1.83. The van der Waals surface area contributed by atoms with Crippen LogP contribution in [0.1, 0.15) is 17.3 Å². The fourth-order valence-electron chi connectivity index (χ4n) is 1.18. The highest BCUT2D eigenvalue weighted by molar-refractivity contribution is 6.07. The van der Waals surface area contributed by atoms with Crippen LogP contribution in [-0.2, 0) is 4.74 Å². The van der Waals surface area contributed by atoms with Gasteiger partial charge in [0.05, 0.1) is 6.61 Å². The maximum Gasteiger partial charge on any atom is 0.227 e. The summed E-state index contributed by atoms with van der Waals surface area (Å²) in [6, 6.07) is 9.04. The minimum absolute atomic E-state index is 0.114. The summed E-state index contributed by atoms with van der Waals surface area (Å²) in [4.78, 5) is 11.9. The van der Waals surface area contributed by atoms with E-state index in [9.17, 15) is 4.79 Å². The molecule has 0 aliphatic heterocycles. The lowest BCUT2D eigenvalue weighted by atomic mass is 10.1. The summed E-state index contributed by atoms with van der Waals surface area (Å²) in [6.07, 6.45) is 3.13. The third-order valence-corrected chi connectivity index (χ3v) is 1.83. The van der Waals surface area contributed by atoms with Gasteiger partial charge in [0.1, 0.15) is 0 Å². The Balaban J connectivity index is 2.91. The maximum atomic E-state index is 11.9. The van der Waals surface area contributed by atoms with Gasteiger partial charge in [-0.1, -0.05) is 43.0 Å². The maximum absolute atomic E-state index is 11.9. The quantitative estimate of drug-likeness (QED) is 0.317. The highest BCUT2D eigenvalue weighted by Crippen LogP contribution is 2.09. The van der Waals surface area contributed by atoms with Crippen LogP contribution in [0.4, 0.5) is 0 Å². The summed E-state index contributed by atoms with van der Waals surface area (Å²) in [5, 5.41) is 0. The van der Waals surface area contributed by atoms with E-state index in [0.29, 0.717) is 17.9 Å². The Morgan fingerprint density at radius 3 is 2.60 bits per heavy atom. The number of rotatable bonds is 5. The second-order valence-electron chi connectivity index (χ2n) is 2.89. The molecule has 1 rings (SSSR count). The van der Waals surface area contributed by atoms with Crippen LogP contribution in [-0.4, -0.2) is 12.4 Å². The molecule has 1 aromatic carbocycles. The number of carbonyl (C=O) groups excluding carboxylic acids is 1. The van der Waals surface area contributed by atoms with Gasteiger partial charge in [0.15, 0.2) is 5.76 Å². The van der Waals surface area contributed by atoms with Gasteiger partial charge in [-0.25, -0.2) is 0 Å². The molecule has 0 radical (unpaired) electrons. The van der Waals surface area contributed by atoms with Crippen LogP contribution in [0.15, 0.2) is 54.8 Å². The largest absolute Gasteiger partial charge is 0.490 e. The fraction of sp³-hybridized carbons (Fsp3) is 0.154. The first-order chi connectivity index (χ1) is 7.29. The molecule has 1 aromatic rings. The van der Waals surface area contributed by atoms with Crippen LogP contribution in [0.25, 0.3) is 0 Å². The van der Waals surface area contributed by atoms with Crippen molar-refractivity contribution in [2.45, 2.75) is 6.92 Å². The van der Waals surface area contributed by atoms with Gasteiger partial charge in [-0.2, -0.15) is 0 Å². The highest BCUT2D eigenvalue weighted by atomic mass is 16.5. The first-order valence-electron chi connectivity index (χ1n) is 4.84. The number of ketones is 1. The predicted octanol–water partition coefficient (Wildman–Crippen LogP) is 2.98. The first kappa shape index (κ1) is 11.2. The lowest BCUT2D eigenvalue weighted by Gasteiger charge is -2.06. The van der Waals surface area contributed by atoms with Gasteiger partial charge in [0.2, 0.25) is 5.78 Å². The van der Waals surface area contributed by atoms with Gasteiger partial charge >= 0.3 is 0 Å². The molecule has 0 atom stereocenters. The van der Waals surface area contributed by atoms with Crippen LogP contribution in [0.5, 0.6) is 0 Å². The van der Waals surface area contributed by atoms with E-state index in [1.165, 1.54) is 0 Å². The molecule has 0 saturated carbocycles. The number of allylic oxidation sites excluding steroid dienone is 3. The number of carbonyl (C=O) groups is 1. The minimum Gasteiger partial charge on any atom is -0.490 e. The molecule has 0 spiro atoms. The Kier molecular flexibility index (Phi) is 4.35. The van der Waals surface area contributed by atoms with Gasteiger partial charge in [-0.3, -0.25) is 4.79 Å². The fourth-order valence-corrected chi connectivity index (χ4v) is 1.18. The van der Waals surface area contributed by atoms with Crippen LogP contribution in [0.3, 0.4) is 0 Å². The predicted molar refractivity (Wildman–Crippen MR) is 60.7 cm³/mol. The average Bonchev–Trinajstić information content (AvgIpc) is 2.29. The number of Topliss-reactive ketones (excluding diaryl/α,β-unsaturated/α-hetero) is 1. The Labute approximate surface area is 89.9 Å². The van der Waals surface area contributed by atoms with Crippen molar-refractivity contribution in [3.8, 4) is 0 Å². The summed E-state index contributed by atoms with van der Waals surface area (Å²) in [5.74, 6) is 0.219. The van der Waals surface area contributed by atoms with E-state index in [0.717, 1.165) is 0 Å². The van der Waals surface area contributed by atoms with Crippen molar-refractivity contribution in [3.05, 3.63) is 60.4 Å². The lowest BCUT2D eigenvalue weighted by Crippen LogP contribution is -2.06. The molecule has 0 fully saturated rings. The number of hydrogen-bond acceptors (Lipinski definition) is 2. The van der Waals surface area contributed by atoms with Gasteiger partial charge in [0, 0.05) is 5.56 Å². The molecule has 0 aliphatic rings. The van der Waals surface area contributed by atoms with E-state index in [4.69, 9.17) is 4.74 Å². The van der Waals surface area contributed by atoms with E-state index in [1.54, 1.807) is 24.3 Å². The van der Waals surface area contributed by atoms with Crippen LogP contribution >= 0.6 is 0 Å². The molecule has 0 saturated heterocycles. The lowest BCUT2D eigenvalue weighted by molar-refractivity contribution is 0.0927. The number of hydrogen-bond donors (Lipinski definition) is 0. The van der Waals surface area contributed by atoms with Crippen molar-refractivity contribution in [1.82, 2.24) is 0 Å². The molecule has 2 nitrogen and oxygen atoms in total. The van der Waals surface area contributed by atoms with Crippen molar-refractivity contribution in [1.29, 1.82) is 0 Å². The van der Waals surface area contributed by atoms with Crippen molar-refractivity contribution in [2.75, 3.05) is 6.61 Å². The molecule has 78 valence electrons. The molecular weight excluding hydrogens is 188 g/mol. The van der Waals surface area contributed by atoms with Gasteiger partial charge in [-0.15, -0.1) is 0 Å². The third kappa shape index (κ3) is 3.09. The Morgan fingerprint density at radius 2 is 2.07 bits per heavy atom. The second-order valence-corrected chi connectivity index (χ2v) is 2.89. The zero-order valence-corrected chi connectivity index (χ0v) is 8.77. The number of ether oxygens (including phenoxy) is 1. The van der Waals surface area contributed by atoms with Crippen LogP contribution in [0.2, 0.25) is 0 Å². The van der Waals surface area contributed by atoms with Gasteiger partial charge < -0.3 is 4.74 Å². The zero-order chi connectivity index (χ0) is 11.1. The van der Waals surface area contributed by atoms with Crippen molar-refractivity contribution >= 4 is 5.78 Å². The van der Waals surface area contributed by atoms with E-state index in [2.05, 4.69) is 6.58 Å². The summed E-state index contributed by atoms with van der Waals surface area (Å²) in [5.41, 5.74) is 0.624. The normalized spacial score (nSPS) is 10.9.